The average molecular weight is 283 g/mol. The second-order valence-electron chi connectivity index (χ2n) is 5.03. The van der Waals surface area contributed by atoms with Crippen LogP contribution in [0.1, 0.15) is 5.56 Å². The molecule has 6 heteroatoms. The zero-order valence-electron chi connectivity index (χ0n) is 11.7. The van der Waals surface area contributed by atoms with Gasteiger partial charge in [0.15, 0.2) is 5.82 Å². The number of aryl methyl sites for hydroxylation is 1. The highest BCUT2D eigenvalue weighted by atomic mass is 16.2. The van der Waals surface area contributed by atoms with Crippen molar-refractivity contribution in [3.05, 3.63) is 48.3 Å². The molecule has 0 aliphatic heterocycles. The topological polar surface area (TPSA) is 88.7 Å². The second kappa shape index (κ2) is 5.41. The third-order valence-corrected chi connectivity index (χ3v) is 3.42. The Balaban J connectivity index is 1.70. The zero-order valence-corrected chi connectivity index (χ0v) is 11.7. The average Bonchev–Trinajstić information content (AvgIpc) is 3.06. The molecule has 2 aromatic heterocycles. The molecule has 0 fully saturated rings. The van der Waals surface area contributed by atoms with Crippen molar-refractivity contribution in [2.45, 2.75) is 12.5 Å². The summed E-state index contributed by atoms with van der Waals surface area (Å²) in [5, 5.41) is 7.92. The van der Waals surface area contributed by atoms with E-state index in [0.717, 1.165) is 16.5 Å². The Hall–Kier alpha value is -2.60. The van der Waals surface area contributed by atoms with Crippen LogP contribution in [0.2, 0.25) is 0 Å². The molecular weight excluding hydrogens is 266 g/mol. The molecule has 0 aliphatic carbocycles. The summed E-state index contributed by atoms with van der Waals surface area (Å²) in [5.74, 6) is 0.274. The van der Waals surface area contributed by atoms with Crippen molar-refractivity contribution in [1.82, 2.24) is 14.8 Å². The van der Waals surface area contributed by atoms with Crippen molar-refractivity contribution in [1.29, 1.82) is 0 Å². The van der Waals surface area contributed by atoms with Gasteiger partial charge in [-0.3, -0.25) is 9.48 Å². The van der Waals surface area contributed by atoms with Crippen LogP contribution in [0.4, 0.5) is 5.82 Å². The molecule has 0 unspecified atom stereocenters. The van der Waals surface area contributed by atoms with E-state index in [4.69, 9.17) is 5.73 Å². The number of rotatable bonds is 4. The van der Waals surface area contributed by atoms with Crippen LogP contribution in [0, 0.1) is 0 Å². The van der Waals surface area contributed by atoms with Gasteiger partial charge in [-0.15, -0.1) is 0 Å². The second-order valence-corrected chi connectivity index (χ2v) is 5.03. The Kier molecular flexibility index (Phi) is 3.45. The number of H-pyrrole nitrogens is 1. The number of aromatic amines is 1. The van der Waals surface area contributed by atoms with Gasteiger partial charge >= 0.3 is 0 Å². The first kappa shape index (κ1) is 13.4. The number of nitrogens with zero attached hydrogens (tertiary/aromatic N) is 2. The summed E-state index contributed by atoms with van der Waals surface area (Å²) in [4.78, 5) is 15.3. The smallest absolute Gasteiger partial charge is 0.242 e. The number of hydrogen-bond acceptors (Lipinski definition) is 3. The number of fused-ring (bicyclic) bond motifs is 1. The summed E-state index contributed by atoms with van der Waals surface area (Å²) >= 11 is 0. The Labute approximate surface area is 121 Å². The van der Waals surface area contributed by atoms with E-state index in [1.54, 1.807) is 24.0 Å². The van der Waals surface area contributed by atoms with Crippen LogP contribution in [0.25, 0.3) is 10.9 Å². The van der Waals surface area contributed by atoms with E-state index in [1.165, 1.54) is 0 Å². The molecule has 6 nitrogen and oxygen atoms in total. The van der Waals surface area contributed by atoms with Crippen molar-refractivity contribution >= 4 is 22.6 Å². The van der Waals surface area contributed by atoms with Gasteiger partial charge in [0.2, 0.25) is 5.91 Å². The van der Waals surface area contributed by atoms with Gasteiger partial charge in [0, 0.05) is 36.4 Å². The first-order valence-corrected chi connectivity index (χ1v) is 6.74. The zero-order chi connectivity index (χ0) is 14.8. The highest BCUT2D eigenvalue weighted by Gasteiger charge is 2.17. The third-order valence-electron chi connectivity index (χ3n) is 3.42. The fourth-order valence-corrected chi connectivity index (χ4v) is 2.33. The van der Waals surface area contributed by atoms with Gasteiger partial charge in [-0.2, -0.15) is 5.10 Å². The SMILES string of the molecule is Cn1ccc(NC(=O)[C@@H](N)Cc2c[nH]c3ccccc23)n1. The molecule has 3 aromatic rings. The molecule has 0 aliphatic rings. The maximum Gasteiger partial charge on any atom is 0.242 e. The molecule has 1 amide bonds. The van der Waals surface area contributed by atoms with E-state index < -0.39 is 6.04 Å². The molecule has 108 valence electrons. The van der Waals surface area contributed by atoms with Crippen molar-refractivity contribution in [3.8, 4) is 0 Å². The number of carbonyl (C=O) groups excluding carboxylic acids is 1. The Morgan fingerprint density at radius 3 is 3.00 bits per heavy atom. The largest absolute Gasteiger partial charge is 0.361 e. The number of amides is 1. The summed E-state index contributed by atoms with van der Waals surface area (Å²) < 4.78 is 1.63. The van der Waals surface area contributed by atoms with Gasteiger partial charge in [0.25, 0.3) is 0 Å². The fourth-order valence-electron chi connectivity index (χ4n) is 2.33. The number of anilines is 1. The number of para-hydroxylation sites is 1. The van der Waals surface area contributed by atoms with E-state index in [0.29, 0.717) is 12.2 Å². The lowest BCUT2D eigenvalue weighted by Gasteiger charge is -2.10. The molecule has 4 N–H and O–H groups in total. The molecule has 0 radical (unpaired) electrons. The van der Waals surface area contributed by atoms with Gasteiger partial charge in [0.1, 0.15) is 0 Å². The molecule has 1 atom stereocenters. The number of carbonyl (C=O) groups is 1. The number of nitrogens with two attached hydrogens (primary N) is 1. The molecule has 0 spiro atoms. The van der Waals surface area contributed by atoms with Crippen molar-refractivity contribution in [3.63, 3.8) is 0 Å². The minimum absolute atomic E-state index is 0.237. The van der Waals surface area contributed by atoms with Crippen LogP contribution in [-0.2, 0) is 18.3 Å². The lowest BCUT2D eigenvalue weighted by molar-refractivity contribution is -0.117. The monoisotopic (exact) mass is 283 g/mol. The number of benzene rings is 1. The Morgan fingerprint density at radius 1 is 1.43 bits per heavy atom. The number of hydrogen-bond donors (Lipinski definition) is 3. The van der Waals surface area contributed by atoms with E-state index in [2.05, 4.69) is 15.4 Å². The van der Waals surface area contributed by atoms with Gasteiger partial charge in [-0.1, -0.05) is 18.2 Å². The molecule has 2 heterocycles. The van der Waals surface area contributed by atoms with Crippen molar-refractivity contribution in [2.24, 2.45) is 12.8 Å². The van der Waals surface area contributed by atoms with Crippen LogP contribution in [-0.4, -0.2) is 26.7 Å². The third kappa shape index (κ3) is 2.80. The van der Waals surface area contributed by atoms with Crippen LogP contribution < -0.4 is 11.1 Å². The summed E-state index contributed by atoms with van der Waals surface area (Å²) in [6, 6.07) is 9.07. The first-order valence-electron chi connectivity index (χ1n) is 6.74. The lowest BCUT2D eigenvalue weighted by atomic mass is 10.1. The quantitative estimate of drug-likeness (QED) is 0.676. The number of aromatic nitrogens is 3. The van der Waals surface area contributed by atoms with Gasteiger partial charge < -0.3 is 16.0 Å². The molecule has 3 rings (SSSR count). The van der Waals surface area contributed by atoms with Crippen LogP contribution in [0.15, 0.2) is 42.7 Å². The maximum atomic E-state index is 12.1. The van der Waals surface area contributed by atoms with Gasteiger partial charge in [-0.05, 0) is 18.1 Å². The minimum atomic E-state index is -0.619. The van der Waals surface area contributed by atoms with E-state index in [-0.39, 0.29) is 5.91 Å². The molecule has 21 heavy (non-hydrogen) atoms. The highest BCUT2D eigenvalue weighted by Crippen LogP contribution is 2.19. The standard InChI is InChI=1S/C15H17N5O/c1-20-7-6-14(19-20)18-15(21)12(16)8-10-9-17-13-5-3-2-4-11(10)13/h2-7,9,12,17H,8,16H2,1H3,(H,18,19,21)/t12-/m0/s1. The summed E-state index contributed by atoms with van der Waals surface area (Å²) in [6.07, 6.45) is 4.14. The molecule has 1 aromatic carbocycles. The number of nitrogens with one attached hydrogen (secondary N) is 2. The van der Waals surface area contributed by atoms with Crippen LogP contribution in [0.3, 0.4) is 0 Å². The Bertz CT molecular complexity index is 773. The normalized spacial score (nSPS) is 12.5. The van der Waals surface area contributed by atoms with Crippen molar-refractivity contribution in [2.75, 3.05) is 5.32 Å². The van der Waals surface area contributed by atoms with E-state index in [1.807, 2.05) is 30.5 Å². The predicted octanol–water partition coefficient (Wildman–Crippen LogP) is 1.41. The van der Waals surface area contributed by atoms with Gasteiger partial charge in [0.05, 0.1) is 6.04 Å². The van der Waals surface area contributed by atoms with Crippen molar-refractivity contribution < 1.29 is 4.79 Å². The maximum absolute atomic E-state index is 12.1. The lowest BCUT2D eigenvalue weighted by Crippen LogP contribution is -2.37. The predicted molar refractivity (Wildman–Crippen MR) is 81.8 cm³/mol. The van der Waals surface area contributed by atoms with Crippen LogP contribution >= 0.6 is 0 Å². The first-order chi connectivity index (χ1) is 10.1. The summed E-state index contributed by atoms with van der Waals surface area (Å²) in [6.45, 7) is 0. The molecular formula is C15H17N5O. The van der Waals surface area contributed by atoms with E-state index >= 15 is 0 Å². The summed E-state index contributed by atoms with van der Waals surface area (Å²) in [7, 11) is 1.79. The van der Waals surface area contributed by atoms with Gasteiger partial charge in [-0.25, -0.2) is 0 Å². The van der Waals surface area contributed by atoms with E-state index in [9.17, 15) is 4.79 Å². The molecule has 0 saturated carbocycles. The Morgan fingerprint density at radius 2 is 2.24 bits per heavy atom. The van der Waals surface area contributed by atoms with Crippen LogP contribution in [0.5, 0.6) is 0 Å². The molecule has 0 saturated heterocycles. The highest BCUT2D eigenvalue weighted by molar-refractivity contribution is 5.94. The fraction of sp³-hybridized carbons (Fsp3) is 0.200. The minimum Gasteiger partial charge on any atom is -0.361 e. The molecule has 0 bridgehead atoms. The summed E-state index contributed by atoms with van der Waals surface area (Å²) in [5.41, 5.74) is 8.08.